The van der Waals surface area contributed by atoms with Crippen LogP contribution in [-0.2, 0) is 19.1 Å². The molecule has 4 nitrogen and oxygen atoms in total. The molecule has 15 heavy (non-hydrogen) atoms. The maximum atomic E-state index is 10.6. The van der Waals surface area contributed by atoms with Crippen molar-refractivity contribution in [3.8, 4) is 0 Å². The summed E-state index contributed by atoms with van der Waals surface area (Å²) < 4.78 is 8.85. The number of unbranched alkanes of at least 4 members (excludes halogenated alkanes) is 2. The highest BCUT2D eigenvalue weighted by atomic mass is 16.5. The van der Waals surface area contributed by atoms with Gasteiger partial charge < -0.3 is 9.47 Å². The lowest BCUT2D eigenvalue weighted by molar-refractivity contribution is -0.135. The fourth-order valence-corrected chi connectivity index (χ4v) is 0.849. The highest BCUT2D eigenvalue weighted by Gasteiger charge is 1.90. The summed E-state index contributed by atoms with van der Waals surface area (Å²) in [6.45, 7) is 0. The van der Waals surface area contributed by atoms with Crippen LogP contribution in [0.1, 0.15) is 19.3 Å². The first-order valence-corrected chi connectivity index (χ1v) is 4.69. The van der Waals surface area contributed by atoms with Gasteiger partial charge in [-0.1, -0.05) is 12.2 Å². The van der Waals surface area contributed by atoms with Crippen LogP contribution >= 0.6 is 0 Å². The summed E-state index contributed by atoms with van der Waals surface area (Å²) in [5.41, 5.74) is 0. The van der Waals surface area contributed by atoms with E-state index in [1.54, 1.807) is 12.2 Å². The molecule has 0 N–H and O–H groups in total. The van der Waals surface area contributed by atoms with Crippen LogP contribution in [0.25, 0.3) is 0 Å². The highest BCUT2D eigenvalue weighted by Crippen LogP contribution is 1.98. The Morgan fingerprint density at radius 1 is 0.933 bits per heavy atom. The number of carbonyl (C=O) groups is 2. The number of esters is 2. The van der Waals surface area contributed by atoms with E-state index in [-0.39, 0.29) is 11.9 Å². The quantitative estimate of drug-likeness (QED) is 0.381. The second-order valence-electron chi connectivity index (χ2n) is 2.78. The van der Waals surface area contributed by atoms with E-state index in [4.69, 9.17) is 0 Å². The summed E-state index contributed by atoms with van der Waals surface area (Å²) >= 11 is 0. The molecule has 0 aliphatic carbocycles. The summed E-state index contributed by atoms with van der Waals surface area (Å²) in [6, 6.07) is 0. The number of hydrogen-bond acceptors (Lipinski definition) is 4. The lowest BCUT2D eigenvalue weighted by Gasteiger charge is -1.92. The summed E-state index contributed by atoms with van der Waals surface area (Å²) in [7, 11) is 2.68. The normalized spacial score (nSPS) is 10.8. The predicted molar refractivity (Wildman–Crippen MR) is 56.2 cm³/mol. The van der Waals surface area contributed by atoms with Gasteiger partial charge >= 0.3 is 11.9 Å². The molecule has 0 fully saturated rings. The SMILES string of the molecule is COC(=O)C=CCCCC=CC(=O)OC. The Morgan fingerprint density at radius 2 is 1.33 bits per heavy atom. The van der Waals surface area contributed by atoms with E-state index in [2.05, 4.69) is 9.47 Å². The van der Waals surface area contributed by atoms with Crippen molar-refractivity contribution in [1.82, 2.24) is 0 Å². The summed E-state index contributed by atoms with van der Waals surface area (Å²) in [5.74, 6) is -0.694. The Morgan fingerprint density at radius 3 is 1.67 bits per heavy atom. The van der Waals surface area contributed by atoms with Crippen molar-refractivity contribution in [3.05, 3.63) is 24.3 Å². The minimum atomic E-state index is -0.347. The van der Waals surface area contributed by atoms with Gasteiger partial charge in [0.2, 0.25) is 0 Å². The molecule has 0 aromatic heterocycles. The average Bonchev–Trinajstić information content (AvgIpc) is 2.26. The van der Waals surface area contributed by atoms with Gasteiger partial charge in [0.25, 0.3) is 0 Å². The van der Waals surface area contributed by atoms with Gasteiger partial charge in [0.1, 0.15) is 0 Å². The molecule has 0 radical (unpaired) electrons. The maximum absolute atomic E-state index is 10.6. The number of hydrogen-bond donors (Lipinski definition) is 0. The molecule has 0 saturated carbocycles. The van der Waals surface area contributed by atoms with Crippen molar-refractivity contribution in [1.29, 1.82) is 0 Å². The van der Waals surface area contributed by atoms with Gasteiger partial charge in [-0.15, -0.1) is 0 Å². The Balaban J connectivity index is 3.47. The van der Waals surface area contributed by atoms with E-state index >= 15 is 0 Å². The predicted octanol–water partition coefficient (Wildman–Crippen LogP) is 1.62. The number of carbonyl (C=O) groups excluding carboxylic acids is 2. The minimum absolute atomic E-state index is 0.347. The Labute approximate surface area is 89.6 Å². The monoisotopic (exact) mass is 212 g/mol. The second-order valence-corrected chi connectivity index (χ2v) is 2.78. The van der Waals surface area contributed by atoms with Crippen LogP contribution in [0.4, 0.5) is 0 Å². The van der Waals surface area contributed by atoms with Crippen molar-refractivity contribution >= 4 is 11.9 Å². The molecule has 0 unspecified atom stereocenters. The Bertz CT molecular complexity index is 227. The molecular formula is C11H16O4. The molecule has 0 saturated heterocycles. The van der Waals surface area contributed by atoms with Gasteiger partial charge in [0, 0.05) is 12.2 Å². The lowest BCUT2D eigenvalue weighted by Crippen LogP contribution is -1.93. The van der Waals surface area contributed by atoms with Crippen LogP contribution in [0, 0.1) is 0 Å². The van der Waals surface area contributed by atoms with Gasteiger partial charge in [-0.2, -0.15) is 0 Å². The molecule has 0 aliphatic rings. The number of methoxy groups -OCH3 is 2. The van der Waals surface area contributed by atoms with Gasteiger partial charge in [-0.05, 0) is 19.3 Å². The fourth-order valence-electron chi connectivity index (χ4n) is 0.849. The van der Waals surface area contributed by atoms with E-state index < -0.39 is 0 Å². The largest absolute Gasteiger partial charge is 0.466 e. The number of allylic oxidation sites excluding steroid dienone is 2. The zero-order valence-electron chi connectivity index (χ0n) is 9.06. The summed E-state index contributed by atoms with van der Waals surface area (Å²) in [5, 5.41) is 0. The molecule has 0 aromatic rings. The van der Waals surface area contributed by atoms with Crippen LogP contribution in [0.15, 0.2) is 24.3 Å². The number of ether oxygens (including phenoxy) is 2. The van der Waals surface area contributed by atoms with E-state index in [0.717, 1.165) is 19.3 Å². The molecule has 0 rings (SSSR count). The molecule has 0 spiro atoms. The Hall–Kier alpha value is -1.58. The zero-order chi connectivity index (χ0) is 11.5. The fraction of sp³-hybridized carbons (Fsp3) is 0.455. The molecule has 0 aromatic carbocycles. The smallest absolute Gasteiger partial charge is 0.330 e. The first-order valence-electron chi connectivity index (χ1n) is 4.69. The van der Waals surface area contributed by atoms with E-state index in [9.17, 15) is 9.59 Å². The summed E-state index contributed by atoms with van der Waals surface area (Å²) in [4.78, 5) is 21.3. The second kappa shape index (κ2) is 8.99. The molecule has 0 amide bonds. The van der Waals surface area contributed by atoms with Crippen molar-refractivity contribution in [3.63, 3.8) is 0 Å². The van der Waals surface area contributed by atoms with Crippen LogP contribution in [0.2, 0.25) is 0 Å². The first kappa shape index (κ1) is 13.4. The molecule has 0 bridgehead atoms. The topological polar surface area (TPSA) is 52.6 Å². The molecule has 4 heteroatoms. The third-order valence-corrected chi connectivity index (χ3v) is 1.65. The van der Waals surface area contributed by atoms with Crippen LogP contribution < -0.4 is 0 Å². The van der Waals surface area contributed by atoms with Gasteiger partial charge in [0.15, 0.2) is 0 Å². The van der Waals surface area contributed by atoms with Gasteiger partial charge in [-0.3, -0.25) is 0 Å². The molecule has 84 valence electrons. The third kappa shape index (κ3) is 8.74. The van der Waals surface area contributed by atoms with E-state index in [0.29, 0.717) is 0 Å². The number of rotatable bonds is 6. The lowest BCUT2D eigenvalue weighted by atomic mass is 10.2. The zero-order valence-corrected chi connectivity index (χ0v) is 9.06. The van der Waals surface area contributed by atoms with Gasteiger partial charge in [0.05, 0.1) is 14.2 Å². The van der Waals surface area contributed by atoms with Crippen molar-refractivity contribution in [2.24, 2.45) is 0 Å². The third-order valence-electron chi connectivity index (χ3n) is 1.65. The van der Waals surface area contributed by atoms with Crippen molar-refractivity contribution < 1.29 is 19.1 Å². The van der Waals surface area contributed by atoms with E-state index in [1.807, 2.05) is 0 Å². The molecule has 0 aliphatic heterocycles. The van der Waals surface area contributed by atoms with Crippen LogP contribution in [0.3, 0.4) is 0 Å². The van der Waals surface area contributed by atoms with E-state index in [1.165, 1.54) is 26.4 Å². The van der Waals surface area contributed by atoms with Gasteiger partial charge in [-0.25, -0.2) is 9.59 Å². The molecule has 0 atom stereocenters. The molecular weight excluding hydrogens is 196 g/mol. The summed E-state index contributed by atoms with van der Waals surface area (Å²) in [6.07, 6.45) is 8.71. The van der Waals surface area contributed by atoms with Crippen LogP contribution in [-0.4, -0.2) is 26.2 Å². The standard InChI is InChI=1S/C11H16O4/c1-14-10(12)8-6-4-3-5-7-9-11(13)15-2/h6-9H,3-5H2,1-2H3. The Kier molecular flexibility index (Phi) is 8.05. The van der Waals surface area contributed by atoms with Crippen molar-refractivity contribution in [2.75, 3.05) is 14.2 Å². The van der Waals surface area contributed by atoms with Crippen molar-refractivity contribution in [2.45, 2.75) is 19.3 Å². The maximum Gasteiger partial charge on any atom is 0.330 e. The van der Waals surface area contributed by atoms with Crippen LogP contribution in [0.5, 0.6) is 0 Å². The highest BCUT2D eigenvalue weighted by molar-refractivity contribution is 5.82. The first-order chi connectivity index (χ1) is 7.20. The average molecular weight is 212 g/mol. The minimum Gasteiger partial charge on any atom is -0.466 e. The molecule has 0 heterocycles.